The topological polar surface area (TPSA) is 86.8 Å². The molecule has 0 spiro atoms. The van der Waals surface area contributed by atoms with Gasteiger partial charge in [0, 0.05) is 22.6 Å². The number of nitrogens with zero attached hydrogens (tertiary/aromatic N) is 2. The van der Waals surface area contributed by atoms with Gasteiger partial charge in [0.15, 0.2) is 0 Å². The first-order valence-electron chi connectivity index (χ1n) is 9.99. The third-order valence-corrected chi connectivity index (χ3v) is 7.13. The van der Waals surface area contributed by atoms with E-state index in [0.29, 0.717) is 17.3 Å². The lowest BCUT2D eigenvalue weighted by atomic mass is 10.1. The highest BCUT2D eigenvalue weighted by molar-refractivity contribution is 9.10. The maximum atomic E-state index is 13.4. The first-order valence-corrected chi connectivity index (χ1v) is 13.0. The first-order chi connectivity index (χ1) is 14.9. The van der Waals surface area contributed by atoms with Crippen LogP contribution in [0.25, 0.3) is 0 Å². The number of sulfonamides is 1. The van der Waals surface area contributed by atoms with Crippen LogP contribution in [0.3, 0.4) is 0 Å². The van der Waals surface area contributed by atoms with E-state index in [1.54, 1.807) is 56.3 Å². The third-order valence-electron chi connectivity index (χ3n) is 4.87. The van der Waals surface area contributed by atoms with Crippen LogP contribution in [0.4, 0.5) is 5.69 Å². The van der Waals surface area contributed by atoms with Crippen molar-refractivity contribution in [1.82, 2.24) is 10.2 Å². The van der Waals surface area contributed by atoms with Crippen molar-refractivity contribution in [3.8, 4) is 0 Å². The van der Waals surface area contributed by atoms with Gasteiger partial charge in [0.05, 0.1) is 11.9 Å². The fourth-order valence-electron chi connectivity index (χ4n) is 3.13. The molecule has 0 bridgehead atoms. The van der Waals surface area contributed by atoms with Crippen molar-refractivity contribution < 1.29 is 18.0 Å². The van der Waals surface area contributed by atoms with Gasteiger partial charge in [-0.3, -0.25) is 13.9 Å². The highest BCUT2D eigenvalue weighted by atomic mass is 79.9. The smallest absolute Gasteiger partial charge is 0.244 e. The van der Waals surface area contributed by atoms with Crippen molar-refractivity contribution in [2.24, 2.45) is 0 Å². The SMILES string of the molecule is CCNC(=O)[C@@H](C)N(Cc1cccc(Cl)c1)C(=O)CN(c1ccc(Br)c(C)c1)S(C)(=O)=O. The zero-order valence-corrected chi connectivity index (χ0v) is 21.6. The van der Waals surface area contributed by atoms with Crippen molar-refractivity contribution in [3.05, 3.63) is 63.1 Å². The van der Waals surface area contributed by atoms with Crippen LogP contribution in [0.1, 0.15) is 25.0 Å². The van der Waals surface area contributed by atoms with E-state index in [-0.39, 0.29) is 12.5 Å². The molecule has 1 N–H and O–H groups in total. The van der Waals surface area contributed by atoms with E-state index in [0.717, 1.165) is 26.2 Å². The predicted octanol–water partition coefficient (Wildman–Crippen LogP) is 3.73. The van der Waals surface area contributed by atoms with E-state index in [2.05, 4.69) is 21.2 Å². The fourth-order valence-corrected chi connectivity index (χ4v) is 4.44. The number of hydrogen-bond acceptors (Lipinski definition) is 4. The fraction of sp³-hybridized carbons (Fsp3) is 0.364. The minimum absolute atomic E-state index is 0.106. The van der Waals surface area contributed by atoms with Gasteiger partial charge in [0.1, 0.15) is 12.6 Å². The van der Waals surface area contributed by atoms with Gasteiger partial charge in [-0.25, -0.2) is 8.42 Å². The van der Waals surface area contributed by atoms with Crippen LogP contribution in [0.5, 0.6) is 0 Å². The molecule has 2 aromatic carbocycles. The molecule has 0 fully saturated rings. The Morgan fingerprint density at radius 3 is 2.44 bits per heavy atom. The number of nitrogens with one attached hydrogen (secondary N) is 1. The quantitative estimate of drug-likeness (QED) is 0.521. The number of carbonyl (C=O) groups excluding carboxylic acids is 2. The van der Waals surface area contributed by atoms with Crippen LogP contribution in [-0.4, -0.2) is 50.5 Å². The Hall–Kier alpha value is -2.10. The number of benzene rings is 2. The van der Waals surface area contributed by atoms with Gasteiger partial charge in [0.2, 0.25) is 21.8 Å². The molecule has 0 saturated carbocycles. The lowest BCUT2D eigenvalue weighted by molar-refractivity contribution is -0.139. The molecule has 0 aliphatic carbocycles. The molecule has 0 aromatic heterocycles. The van der Waals surface area contributed by atoms with Gasteiger partial charge >= 0.3 is 0 Å². The Morgan fingerprint density at radius 1 is 1.19 bits per heavy atom. The highest BCUT2D eigenvalue weighted by Gasteiger charge is 2.30. The summed E-state index contributed by atoms with van der Waals surface area (Å²) in [5, 5.41) is 3.21. The molecule has 2 amide bonds. The monoisotopic (exact) mass is 543 g/mol. The summed E-state index contributed by atoms with van der Waals surface area (Å²) in [7, 11) is -3.76. The van der Waals surface area contributed by atoms with E-state index >= 15 is 0 Å². The summed E-state index contributed by atoms with van der Waals surface area (Å²) in [4.78, 5) is 27.2. The van der Waals surface area contributed by atoms with E-state index in [4.69, 9.17) is 11.6 Å². The molecule has 0 heterocycles. The van der Waals surface area contributed by atoms with E-state index in [1.165, 1.54) is 4.90 Å². The number of amides is 2. The number of hydrogen-bond donors (Lipinski definition) is 1. The molecule has 1 atom stereocenters. The minimum Gasteiger partial charge on any atom is -0.355 e. The molecule has 7 nitrogen and oxygen atoms in total. The number of rotatable bonds is 9. The molecular weight excluding hydrogens is 518 g/mol. The lowest BCUT2D eigenvalue weighted by Crippen LogP contribution is -2.51. The van der Waals surface area contributed by atoms with Crippen LogP contribution in [-0.2, 0) is 26.2 Å². The van der Waals surface area contributed by atoms with Crippen LogP contribution < -0.4 is 9.62 Å². The van der Waals surface area contributed by atoms with Gasteiger partial charge < -0.3 is 10.2 Å². The summed E-state index contributed by atoms with van der Waals surface area (Å²) < 4.78 is 27.0. The number of carbonyl (C=O) groups is 2. The zero-order chi connectivity index (χ0) is 24.1. The molecule has 2 aromatic rings. The Kier molecular flexibility index (Phi) is 9.12. The van der Waals surface area contributed by atoms with E-state index in [9.17, 15) is 18.0 Å². The van der Waals surface area contributed by atoms with Crippen molar-refractivity contribution in [2.75, 3.05) is 23.7 Å². The van der Waals surface area contributed by atoms with Crippen LogP contribution in [0.2, 0.25) is 5.02 Å². The van der Waals surface area contributed by atoms with E-state index < -0.39 is 28.5 Å². The minimum atomic E-state index is -3.76. The van der Waals surface area contributed by atoms with Gasteiger partial charge in [-0.1, -0.05) is 39.7 Å². The summed E-state index contributed by atoms with van der Waals surface area (Å²) in [5.41, 5.74) is 1.93. The lowest BCUT2D eigenvalue weighted by Gasteiger charge is -2.31. The van der Waals surface area contributed by atoms with Crippen LogP contribution >= 0.6 is 27.5 Å². The number of likely N-dealkylation sites (N-methyl/N-ethyl adjacent to an activating group) is 1. The highest BCUT2D eigenvalue weighted by Crippen LogP contribution is 2.25. The molecule has 32 heavy (non-hydrogen) atoms. The molecule has 0 radical (unpaired) electrons. The second kappa shape index (κ2) is 11.2. The summed E-state index contributed by atoms with van der Waals surface area (Å²) in [5.74, 6) is -0.831. The first kappa shape index (κ1) is 26.2. The van der Waals surface area contributed by atoms with Gasteiger partial charge in [-0.2, -0.15) is 0 Å². The standard InChI is InChI=1S/C22H27BrClN3O4S/c1-5-25-22(29)16(3)26(13-17-7-6-8-18(24)12-17)21(28)14-27(32(4,30)31)19-9-10-20(23)15(2)11-19/h6-12,16H,5,13-14H2,1-4H3,(H,25,29)/t16-/m1/s1. The largest absolute Gasteiger partial charge is 0.355 e. The van der Waals surface area contributed by atoms with Crippen molar-refractivity contribution in [2.45, 2.75) is 33.4 Å². The maximum Gasteiger partial charge on any atom is 0.244 e. The van der Waals surface area contributed by atoms with Crippen molar-refractivity contribution in [3.63, 3.8) is 0 Å². The summed E-state index contributed by atoms with van der Waals surface area (Å²) >= 11 is 9.47. The summed E-state index contributed by atoms with van der Waals surface area (Å²) in [6, 6.07) is 11.2. The summed E-state index contributed by atoms with van der Waals surface area (Å²) in [6.07, 6.45) is 1.05. The second-order valence-electron chi connectivity index (χ2n) is 7.43. The Balaban J connectivity index is 2.40. The molecule has 2 rings (SSSR count). The Bertz CT molecular complexity index is 1090. The Morgan fingerprint density at radius 2 is 1.88 bits per heavy atom. The molecule has 174 valence electrons. The molecule has 0 saturated heterocycles. The van der Waals surface area contributed by atoms with Crippen molar-refractivity contribution >= 4 is 55.1 Å². The van der Waals surface area contributed by atoms with E-state index in [1.807, 2.05) is 6.92 Å². The third kappa shape index (κ3) is 6.95. The molecule has 10 heteroatoms. The number of anilines is 1. The normalized spacial score (nSPS) is 12.2. The maximum absolute atomic E-state index is 13.4. The molecule has 0 aliphatic heterocycles. The second-order valence-corrected chi connectivity index (χ2v) is 10.6. The molecule has 0 unspecified atom stereocenters. The predicted molar refractivity (Wildman–Crippen MR) is 131 cm³/mol. The number of aryl methyl sites for hydroxylation is 1. The van der Waals surface area contributed by atoms with Crippen molar-refractivity contribution in [1.29, 1.82) is 0 Å². The van der Waals surface area contributed by atoms with Crippen LogP contribution in [0.15, 0.2) is 46.9 Å². The number of halogens is 2. The van der Waals surface area contributed by atoms with Crippen LogP contribution in [0, 0.1) is 6.92 Å². The zero-order valence-electron chi connectivity index (χ0n) is 18.4. The van der Waals surface area contributed by atoms with Gasteiger partial charge in [0.25, 0.3) is 0 Å². The average Bonchev–Trinajstić information content (AvgIpc) is 2.71. The van der Waals surface area contributed by atoms with Gasteiger partial charge in [-0.05, 0) is 62.2 Å². The van der Waals surface area contributed by atoms with Gasteiger partial charge in [-0.15, -0.1) is 0 Å². The molecule has 0 aliphatic rings. The summed E-state index contributed by atoms with van der Waals surface area (Å²) in [6.45, 7) is 5.31. The Labute approximate surface area is 202 Å². The molecular formula is C22H27BrClN3O4S. The average molecular weight is 545 g/mol.